The molecule has 8 heteroatoms. The molecule has 1 aromatic rings. The van der Waals surface area contributed by atoms with Crippen LogP contribution in [0.3, 0.4) is 0 Å². The summed E-state index contributed by atoms with van der Waals surface area (Å²) in [4.78, 5) is 33.9. The van der Waals surface area contributed by atoms with Crippen molar-refractivity contribution in [1.82, 2.24) is 0 Å². The van der Waals surface area contributed by atoms with E-state index in [0.29, 0.717) is 0 Å². The highest BCUT2D eigenvalue weighted by molar-refractivity contribution is 6.31. The highest BCUT2D eigenvalue weighted by Gasteiger charge is 2.39. The Morgan fingerprint density at radius 1 is 1.24 bits per heavy atom. The molecule has 1 aromatic carbocycles. The van der Waals surface area contributed by atoms with Gasteiger partial charge in [0, 0.05) is 24.9 Å². The van der Waals surface area contributed by atoms with Gasteiger partial charge in [-0.15, -0.1) is 0 Å². The monoisotopic (exact) mass is 311 g/mol. The van der Waals surface area contributed by atoms with Crippen LogP contribution in [0.4, 0.5) is 5.69 Å². The number of benzene rings is 1. The lowest BCUT2D eigenvalue weighted by molar-refractivity contribution is -0.385. The number of cyclic esters (lactones) is 2. The van der Waals surface area contributed by atoms with Crippen LogP contribution in [0.1, 0.15) is 19.4 Å². The number of carbonyl (C=O) groups excluding carboxylic acids is 2. The molecule has 1 heterocycles. The predicted molar refractivity (Wildman–Crippen MR) is 72.3 cm³/mol. The highest BCUT2D eigenvalue weighted by atomic mass is 35.5. The molecule has 2 rings (SSSR count). The van der Waals surface area contributed by atoms with Crippen molar-refractivity contribution in [3.8, 4) is 0 Å². The fourth-order valence-electron chi connectivity index (χ4n) is 1.74. The van der Waals surface area contributed by atoms with Crippen LogP contribution in [0, 0.1) is 10.1 Å². The third kappa shape index (κ3) is 3.19. The van der Waals surface area contributed by atoms with E-state index in [1.165, 1.54) is 32.0 Å². The molecule has 0 saturated carbocycles. The summed E-state index contributed by atoms with van der Waals surface area (Å²) in [6, 6.07) is 3.79. The minimum atomic E-state index is -1.37. The van der Waals surface area contributed by atoms with E-state index in [1.54, 1.807) is 0 Å². The topological polar surface area (TPSA) is 95.7 Å². The number of nitrogens with zero attached hydrogens (tertiary/aromatic N) is 1. The number of nitro benzene ring substituents is 1. The van der Waals surface area contributed by atoms with Crippen molar-refractivity contribution in [3.05, 3.63) is 44.5 Å². The third-order valence-corrected chi connectivity index (χ3v) is 2.84. The molecule has 21 heavy (non-hydrogen) atoms. The largest absolute Gasteiger partial charge is 0.419 e. The first kappa shape index (κ1) is 15.0. The fourth-order valence-corrected chi connectivity index (χ4v) is 1.92. The lowest BCUT2D eigenvalue weighted by atomic mass is 10.1. The summed E-state index contributed by atoms with van der Waals surface area (Å²) in [6.45, 7) is 2.81. The van der Waals surface area contributed by atoms with Crippen molar-refractivity contribution in [3.63, 3.8) is 0 Å². The molecule has 7 nitrogen and oxygen atoms in total. The van der Waals surface area contributed by atoms with Crippen molar-refractivity contribution >= 4 is 35.3 Å². The summed E-state index contributed by atoms with van der Waals surface area (Å²) in [5, 5.41) is 11.2. The lowest BCUT2D eigenvalue weighted by Gasteiger charge is -2.29. The average Bonchev–Trinajstić information content (AvgIpc) is 2.32. The minimum absolute atomic E-state index is 0.0103. The van der Waals surface area contributed by atoms with E-state index in [1.807, 2.05) is 0 Å². The number of nitro groups is 1. The molecule has 0 spiro atoms. The summed E-state index contributed by atoms with van der Waals surface area (Å²) in [5.74, 6) is -3.19. The van der Waals surface area contributed by atoms with Crippen molar-refractivity contribution in [2.75, 3.05) is 0 Å². The first-order valence-corrected chi connectivity index (χ1v) is 6.20. The molecule has 1 aliphatic rings. The number of esters is 2. The summed E-state index contributed by atoms with van der Waals surface area (Å²) >= 11 is 5.77. The highest BCUT2D eigenvalue weighted by Crippen LogP contribution is 2.28. The van der Waals surface area contributed by atoms with Crippen molar-refractivity contribution in [2.45, 2.75) is 19.6 Å². The van der Waals surface area contributed by atoms with Gasteiger partial charge in [0.05, 0.1) is 10.5 Å². The number of hydrogen-bond acceptors (Lipinski definition) is 6. The fraction of sp³-hybridized carbons (Fsp3) is 0.231. The van der Waals surface area contributed by atoms with Gasteiger partial charge in [-0.3, -0.25) is 10.1 Å². The zero-order chi connectivity index (χ0) is 15.8. The SMILES string of the molecule is CC1(C)OC(=O)C(=Cc2cc(Cl)ccc2[N+](=O)[O-])C(=O)O1. The Labute approximate surface area is 124 Å². The number of carbonyl (C=O) groups is 2. The Kier molecular flexibility index (Phi) is 3.69. The normalized spacial score (nSPS) is 17.0. The number of halogens is 1. The van der Waals surface area contributed by atoms with E-state index in [2.05, 4.69) is 0 Å². The molecule has 0 amide bonds. The van der Waals surface area contributed by atoms with Crippen LogP contribution in [0.2, 0.25) is 5.02 Å². The summed E-state index contributed by atoms with van der Waals surface area (Å²) in [5.41, 5.74) is -0.715. The molecule has 0 N–H and O–H groups in total. The van der Waals surface area contributed by atoms with Gasteiger partial charge in [-0.1, -0.05) is 11.6 Å². The second-order valence-corrected chi connectivity index (χ2v) is 5.13. The molecular formula is C13H10ClNO6. The molecule has 0 aliphatic carbocycles. The van der Waals surface area contributed by atoms with Gasteiger partial charge in [0.15, 0.2) is 0 Å². The molecule has 0 unspecified atom stereocenters. The molecule has 0 atom stereocenters. The summed E-state index contributed by atoms with van der Waals surface area (Å²) in [7, 11) is 0. The maximum absolute atomic E-state index is 11.8. The quantitative estimate of drug-likeness (QED) is 0.274. The smallest absolute Gasteiger partial charge is 0.348 e. The Hall–Kier alpha value is -2.41. The van der Waals surface area contributed by atoms with E-state index >= 15 is 0 Å². The maximum atomic E-state index is 11.8. The zero-order valence-corrected chi connectivity index (χ0v) is 11.8. The van der Waals surface area contributed by atoms with E-state index in [-0.39, 0.29) is 16.3 Å². The average molecular weight is 312 g/mol. The first-order chi connectivity index (χ1) is 9.69. The summed E-state index contributed by atoms with van der Waals surface area (Å²) in [6.07, 6.45) is 1.03. The Balaban J connectivity index is 2.49. The third-order valence-electron chi connectivity index (χ3n) is 2.60. The minimum Gasteiger partial charge on any atom is -0.419 e. The Morgan fingerprint density at radius 2 is 1.81 bits per heavy atom. The van der Waals surface area contributed by atoms with Crippen molar-refractivity contribution in [1.29, 1.82) is 0 Å². The van der Waals surface area contributed by atoms with Crippen LogP contribution in [0.5, 0.6) is 0 Å². The molecular weight excluding hydrogens is 302 g/mol. The van der Waals surface area contributed by atoms with Gasteiger partial charge in [0.1, 0.15) is 5.57 Å². The standard InChI is InChI=1S/C13H10ClNO6/c1-13(2)20-11(16)9(12(17)21-13)6-7-5-8(14)3-4-10(7)15(18)19/h3-6H,1-2H3. The van der Waals surface area contributed by atoms with E-state index in [0.717, 1.165) is 6.08 Å². The lowest BCUT2D eigenvalue weighted by Crippen LogP contribution is -2.41. The van der Waals surface area contributed by atoms with Gasteiger partial charge in [-0.05, 0) is 18.2 Å². The molecule has 1 aliphatic heterocycles. The van der Waals surface area contributed by atoms with Crippen molar-refractivity contribution < 1.29 is 24.0 Å². The Bertz CT molecular complexity index is 657. The molecule has 110 valence electrons. The number of rotatable bonds is 2. The van der Waals surface area contributed by atoms with Crippen LogP contribution >= 0.6 is 11.6 Å². The number of hydrogen-bond donors (Lipinski definition) is 0. The van der Waals surface area contributed by atoms with Gasteiger partial charge >= 0.3 is 11.9 Å². The van der Waals surface area contributed by atoms with E-state index in [4.69, 9.17) is 21.1 Å². The summed E-state index contributed by atoms with van der Waals surface area (Å²) < 4.78 is 9.81. The van der Waals surface area contributed by atoms with Crippen molar-refractivity contribution in [2.24, 2.45) is 0 Å². The van der Waals surface area contributed by atoms with Gasteiger partial charge in [-0.25, -0.2) is 9.59 Å². The molecule has 0 radical (unpaired) electrons. The van der Waals surface area contributed by atoms with Crippen LogP contribution in [0.25, 0.3) is 6.08 Å². The molecule has 0 bridgehead atoms. The molecule has 1 saturated heterocycles. The molecule has 1 fully saturated rings. The number of ether oxygens (including phenoxy) is 2. The second-order valence-electron chi connectivity index (χ2n) is 4.70. The zero-order valence-electron chi connectivity index (χ0n) is 11.1. The first-order valence-electron chi connectivity index (χ1n) is 5.82. The Morgan fingerprint density at radius 3 is 2.33 bits per heavy atom. The predicted octanol–water partition coefficient (Wildman–Crippen LogP) is 2.47. The van der Waals surface area contributed by atoms with Crippen LogP contribution in [-0.2, 0) is 19.1 Å². The van der Waals surface area contributed by atoms with Crippen LogP contribution < -0.4 is 0 Å². The van der Waals surface area contributed by atoms with E-state index in [9.17, 15) is 19.7 Å². The maximum Gasteiger partial charge on any atom is 0.348 e. The molecule has 0 aromatic heterocycles. The van der Waals surface area contributed by atoms with Crippen LogP contribution in [-0.4, -0.2) is 22.6 Å². The van der Waals surface area contributed by atoms with Gasteiger partial charge in [0.2, 0.25) is 0 Å². The van der Waals surface area contributed by atoms with Gasteiger partial charge < -0.3 is 9.47 Å². The van der Waals surface area contributed by atoms with Crippen LogP contribution in [0.15, 0.2) is 23.8 Å². The van der Waals surface area contributed by atoms with Gasteiger partial charge in [-0.2, -0.15) is 0 Å². The van der Waals surface area contributed by atoms with E-state index < -0.39 is 28.2 Å². The van der Waals surface area contributed by atoms with Gasteiger partial charge in [0.25, 0.3) is 11.5 Å². The second kappa shape index (κ2) is 5.17.